The molecule has 0 aliphatic carbocycles. The van der Waals surface area contributed by atoms with Crippen LogP contribution in [0.15, 0.2) is 36.7 Å². The molecule has 2 aromatic rings. The number of methoxy groups -OCH3 is 1. The summed E-state index contributed by atoms with van der Waals surface area (Å²) in [6, 6.07) is 7.56. The number of carbonyl (C=O) groups excluding carboxylic acids is 1. The maximum absolute atomic E-state index is 12.0. The SMILES string of the molecule is CCC(C)Nc1ncc(C(=O)NCCOc2ccc(OC)cc2)cn1. The molecule has 0 aliphatic rings. The molecule has 0 saturated heterocycles. The van der Waals surface area contributed by atoms with Crippen LogP contribution in [0.3, 0.4) is 0 Å². The molecule has 2 N–H and O–H groups in total. The van der Waals surface area contributed by atoms with Crippen LogP contribution in [0, 0.1) is 0 Å². The fraction of sp³-hybridized carbons (Fsp3) is 0.389. The molecule has 0 fully saturated rings. The van der Waals surface area contributed by atoms with Gasteiger partial charge in [-0.05, 0) is 37.6 Å². The van der Waals surface area contributed by atoms with E-state index in [4.69, 9.17) is 9.47 Å². The Morgan fingerprint density at radius 1 is 1.16 bits per heavy atom. The van der Waals surface area contributed by atoms with Gasteiger partial charge < -0.3 is 20.1 Å². The molecule has 2 rings (SSSR count). The van der Waals surface area contributed by atoms with E-state index in [1.165, 1.54) is 12.4 Å². The highest BCUT2D eigenvalue weighted by Gasteiger charge is 2.07. The van der Waals surface area contributed by atoms with Crippen molar-refractivity contribution in [3.8, 4) is 11.5 Å². The number of anilines is 1. The van der Waals surface area contributed by atoms with Gasteiger partial charge in [-0.25, -0.2) is 9.97 Å². The van der Waals surface area contributed by atoms with Crippen molar-refractivity contribution < 1.29 is 14.3 Å². The molecule has 25 heavy (non-hydrogen) atoms. The lowest BCUT2D eigenvalue weighted by atomic mass is 10.3. The first-order valence-corrected chi connectivity index (χ1v) is 8.26. The number of rotatable bonds is 9. The number of carbonyl (C=O) groups is 1. The van der Waals surface area contributed by atoms with Crippen LogP contribution in [-0.2, 0) is 0 Å². The van der Waals surface area contributed by atoms with Gasteiger partial charge in [0.1, 0.15) is 18.1 Å². The van der Waals surface area contributed by atoms with Crippen molar-refractivity contribution in [2.75, 3.05) is 25.6 Å². The summed E-state index contributed by atoms with van der Waals surface area (Å²) in [4.78, 5) is 20.4. The van der Waals surface area contributed by atoms with Gasteiger partial charge in [-0.2, -0.15) is 0 Å². The third kappa shape index (κ3) is 5.95. The Kier molecular flexibility index (Phi) is 7.00. The third-order valence-electron chi connectivity index (χ3n) is 3.62. The lowest BCUT2D eigenvalue weighted by molar-refractivity contribution is 0.0946. The van der Waals surface area contributed by atoms with Gasteiger partial charge in [0.15, 0.2) is 0 Å². The van der Waals surface area contributed by atoms with Crippen LogP contribution in [0.2, 0.25) is 0 Å². The highest BCUT2D eigenvalue weighted by Crippen LogP contribution is 2.16. The Morgan fingerprint density at radius 3 is 2.40 bits per heavy atom. The largest absolute Gasteiger partial charge is 0.497 e. The molecular formula is C18H24N4O3. The van der Waals surface area contributed by atoms with Crippen LogP contribution in [0.4, 0.5) is 5.95 Å². The number of hydrogen-bond donors (Lipinski definition) is 2. The number of nitrogens with zero attached hydrogens (tertiary/aromatic N) is 2. The number of ether oxygens (including phenoxy) is 2. The first-order valence-electron chi connectivity index (χ1n) is 8.26. The molecule has 1 aromatic heterocycles. The van der Waals surface area contributed by atoms with E-state index in [2.05, 4.69) is 27.5 Å². The zero-order valence-electron chi connectivity index (χ0n) is 14.8. The Balaban J connectivity index is 1.74. The van der Waals surface area contributed by atoms with E-state index in [0.29, 0.717) is 24.7 Å². The summed E-state index contributed by atoms with van der Waals surface area (Å²) in [7, 11) is 1.61. The Labute approximate surface area is 147 Å². The number of amides is 1. The molecule has 7 heteroatoms. The Bertz CT molecular complexity index is 659. The predicted molar refractivity (Wildman–Crippen MR) is 96.2 cm³/mol. The van der Waals surface area contributed by atoms with E-state index in [0.717, 1.165) is 17.9 Å². The Hall–Kier alpha value is -2.83. The summed E-state index contributed by atoms with van der Waals surface area (Å²) in [5.41, 5.74) is 0.416. The molecule has 0 saturated carbocycles. The van der Waals surface area contributed by atoms with Gasteiger partial charge in [0.2, 0.25) is 5.95 Å². The van der Waals surface area contributed by atoms with Crippen LogP contribution in [0.25, 0.3) is 0 Å². The van der Waals surface area contributed by atoms with Crippen molar-refractivity contribution in [1.82, 2.24) is 15.3 Å². The minimum atomic E-state index is -0.228. The second kappa shape index (κ2) is 9.46. The van der Waals surface area contributed by atoms with Crippen LogP contribution in [-0.4, -0.2) is 42.2 Å². The standard InChI is InChI=1S/C18H24N4O3/c1-4-13(2)22-18-20-11-14(12-21-18)17(23)19-9-10-25-16-7-5-15(24-3)6-8-16/h5-8,11-13H,4,9-10H2,1-3H3,(H,19,23)(H,20,21,22). The first kappa shape index (κ1) is 18.5. The van der Waals surface area contributed by atoms with E-state index in [9.17, 15) is 4.79 Å². The summed E-state index contributed by atoms with van der Waals surface area (Å²) in [5.74, 6) is 1.79. The summed E-state index contributed by atoms with van der Waals surface area (Å²) in [6.45, 7) is 4.88. The van der Waals surface area contributed by atoms with Gasteiger partial charge in [-0.15, -0.1) is 0 Å². The van der Waals surface area contributed by atoms with E-state index >= 15 is 0 Å². The number of nitrogens with one attached hydrogen (secondary N) is 2. The van der Waals surface area contributed by atoms with Gasteiger partial charge in [-0.1, -0.05) is 6.92 Å². The highest BCUT2D eigenvalue weighted by molar-refractivity contribution is 5.93. The zero-order chi connectivity index (χ0) is 18.1. The van der Waals surface area contributed by atoms with Crippen molar-refractivity contribution >= 4 is 11.9 Å². The number of hydrogen-bond acceptors (Lipinski definition) is 6. The molecule has 1 atom stereocenters. The van der Waals surface area contributed by atoms with Gasteiger partial charge in [0.05, 0.1) is 19.2 Å². The fourth-order valence-corrected chi connectivity index (χ4v) is 1.95. The molecular weight excluding hydrogens is 320 g/mol. The van der Waals surface area contributed by atoms with Crippen LogP contribution in [0.5, 0.6) is 11.5 Å². The van der Waals surface area contributed by atoms with Gasteiger partial charge in [0.25, 0.3) is 5.91 Å². The topological polar surface area (TPSA) is 85.4 Å². The second-order valence-corrected chi connectivity index (χ2v) is 5.53. The highest BCUT2D eigenvalue weighted by atomic mass is 16.5. The third-order valence-corrected chi connectivity index (χ3v) is 3.62. The molecule has 0 radical (unpaired) electrons. The second-order valence-electron chi connectivity index (χ2n) is 5.53. The van der Waals surface area contributed by atoms with Crippen molar-refractivity contribution in [2.45, 2.75) is 26.3 Å². The molecule has 0 aliphatic heterocycles. The van der Waals surface area contributed by atoms with E-state index in [-0.39, 0.29) is 11.9 Å². The molecule has 0 spiro atoms. The molecule has 1 amide bonds. The minimum absolute atomic E-state index is 0.228. The summed E-state index contributed by atoms with van der Waals surface area (Å²) < 4.78 is 10.6. The first-order chi connectivity index (χ1) is 12.1. The average molecular weight is 344 g/mol. The van der Waals surface area contributed by atoms with Crippen molar-refractivity contribution in [1.29, 1.82) is 0 Å². The van der Waals surface area contributed by atoms with Crippen LogP contribution >= 0.6 is 0 Å². The molecule has 1 heterocycles. The maximum atomic E-state index is 12.0. The van der Waals surface area contributed by atoms with Gasteiger partial charge >= 0.3 is 0 Å². The minimum Gasteiger partial charge on any atom is -0.497 e. The van der Waals surface area contributed by atoms with Crippen LogP contribution in [0.1, 0.15) is 30.6 Å². The van der Waals surface area contributed by atoms with Crippen molar-refractivity contribution in [2.24, 2.45) is 0 Å². The molecule has 1 unspecified atom stereocenters. The van der Waals surface area contributed by atoms with Gasteiger partial charge in [-0.3, -0.25) is 4.79 Å². The van der Waals surface area contributed by atoms with Crippen LogP contribution < -0.4 is 20.1 Å². The predicted octanol–water partition coefficient (Wildman–Crippen LogP) is 2.50. The maximum Gasteiger partial charge on any atom is 0.254 e. The monoisotopic (exact) mass is 344 g/mol. The fourth-order valence-electron chi connectivity index (χ4n) is 1.95. The number of benzene rings is 1. The summed E-state index contributed by atoms with van der Waals surface area (Å²) in [6.07, 6.45) is 3.99. The summed E-state index contributed by atoms with van der Waals surface area (Å²) in [5, 5.41) is 5.93. The molecule has 0 bridgehead atoms. The lowest BCUT2D eigenvalue weighted by Crippen LogP contribution is -2.28. The molecule has 7 nitrogen and oxygen atoms in total. The molecule has 134 valence electrons. The van der Waals surface area contributed by atoms with Crippen molar-refractivity contribution in [3.05, 3.63) is 42.2 Å². The van der Waals surface area contributed by atoms with E-state index < -0.39 is 0 Å². The normalized spacial score (nSPS) is 11.5. The van der Waals surface area contributed by atoms with Crippen molar-refractivity contribution in [3.63, 3.8) is 0 Å². The lowest BCUT2D eigenvalue weighted by Gasteiger charge is -2.11. The number of aromatic nitrogens is 2. The smallest absolute Gasteiger partial charge is 0.254 e. The molecule has 1 aromatic carbocycles. The Morgan fingerprint density at radius 2 is 1.80 bits per heavy atom. The quantitative estimate of drug-likeness (QED) is 0.680. The van der Waals surface area contributed by atoms with Gasteiger partial charge in [0, 0.05) is 18.4 Å². The van der Waals surface area contributed by atoms with E-state index in [1.807, 2.05) is 31.2 Å². The van der Waals surface area contributed by atoms with E-state index in [1.54, 1.807) is 7.11 Å². The average Bonchev–Trinajstić information content (AvgIpc) is 2.66. The summed E-state index contributed by atoms with van der Waals surface area (Å²) >= 11 is 0. The zero-order valence-corrected chi connectivity index (χ0v) is 14.8.